The molecule has 0 heterocycles. The lowest BCUT2D eigenvalue weighted by atomic mass is 10.2. The molecule has 12 heavy (non-hydrogen) atoms. The Labute approximate surface area is 79.2 Å². The van der Waals surface area contributed by atoms with Crippen LogP contribution in [-0.2, 0) is 4.79 Å². The van der Waals surface area contributed by atoms with Crippen molar-refractivity contribution in [2.24, 2.45) is 5.73 Å². The molecule has 1 amide bonds. The summed E-state index contributed by atoms with van der Waals surface area (Å²) in [4.78, 5) is 12.4. The van der Waals surface area contributed by atoms with Gasteiger partial charge in [0, 0.05) is 18.5 Å². The molecule has 0 saturated carbocycles. The van der Waals surface area contributed by atoms with Crippen LogP contribution in [0.25, 0.3) is 0 Å². The second-order valence-corrected chi connectivity index (χ2v) is 2.52. The molecule has 0 fully saturated rings. The molecule has 0 rings (SSSR count). The number of rotatable bonds is 4. The molecular weight excluding hydrogens is 176 g/mol. The second-order valence-electron chi connectivity index (χ2n) is 2.52. The van der Waals surface area contributed by atoms with Gasteiger partial charge < -0.3 is 10.6 Å². The van der Waals surface area contributed by atoms with E-state index >= 15 is 0 Å². The molecule has 2 N–H and O–H groups in total. The first kappa shape index (κ1) is 14.0. The normalized spacial score (nSPS) is 8.75. The summed E-state index contributed by atoms with van der Waals surface area (Å²) in [7, 11) is 3.88. The van der Waals surface area contributed by atoms with Crippen molar-refractivity contribution in [1.82, 2.24) is 4.90 Å². The Kier molecular flexibility index (Phi) is 9.99. The smallest absolute Gasteiger partial charge is 0.244 e. The molecular formula is C8H17ClN2O. The fraction of sp³-hybridized carbons (Fsp3) is 0.625. The third-order valence-electron chi connectivity index (χ3n) is 1.21. The van der Waals surface area contributed by atoms with Crippen LogP contribution in [-0.4, -0.2) is 37.8 Å². The Morgan fingerprint density at radius 3 is 2.17 bits per heavy atom. The minimum absolute atomic E-state index is 0.401. The van der Waals surface area contributed by atoms with Gasteiger partial charge in [-0.3, -0.25) is 4.79 Å². The molecule has 0 aromatic heterocycles. The Morgan fingerprint density at radius 2 is 1.92 bits per heavy atom. The summed E-state index contributed by atoms with van der Waals surface area (Å²) in [6.45, 7) is 4.35. The van der Waals surface area contributed by atoms with Gasteiger partial charge >= 0.3 is 0 Å². The van der Waals surface area contributed by atoms with Gasteiger partial charge in [0.05, 0.1) is 0 Å². The number of amides is 1. The Balaban J connectivity index is 0. The number of hydrogen-bond acceptors (Lipinski definition) is 2. The zero-order valence-electron chi connectivity index (χ0n) is 7.93. The van der Waals surface area contributed by atoms with Crippen LogP contribution in [0.15, 0.2) is 12.2 Å². The molecule has 0 aliphatic heterocycles. The predicted molar refractivity (Wildman–Crippen MR) is 53.3 cm³/mol. The minimum Gasteiger partial charge on any atom is -0.366 e. The molecule has 0 aromatic rings. The maximum Gasteiger partial charge on any atom is 0.244 e. The first-order valence-electron chi connectivity index (χ1n) is 3.54. The first-order chi connectivity index (χ1) is 5.54. The lowest BCUT2D eigenvalue weighted by Gasteiger charge is -2.08. The van der Waals surface area contributed by atoms with Crippen molar-refractivity contribution in [2.75, 3.05) is 27.0 Å². The number of nitrogens with two attached hydrogens (primary N) is 1. The summed E-state index contributed by atoms with van der Waals surface area (Å²) < 4.78 is 0. The summed E-state index contributed by atoms with van der Waals surface area (Å²) in [6.07, 6.45) is 2.13. The van der Waals surface area contributed by atoms with Gasteiger partial charge in [-0.2, -0.15) is 0 Å². The van der Waals surface area contributed by atoms with Gasteiger partial charge in [-0.15, -0.1) is 11.6 Å². The van der Waals surface area contributed by atoms with E-state index in [0.29, 0.717) is 12.0 Å². The van der Waals surface area contributed by atoms with Crippen molar-refractivity contribution >= 4 is 17.5 Å². The van der Waals surface area contributed by atoms with Crippen molar-refractivity contribution in [3.05, 3.63) is 12.2 Å². The van der Waals surface area contributed by atoms with Crippen LogP contribution in [0.2, 0.25) is 0 Å². The van der Waals surface area contributed by atoms with Crippen LogP contribution in [0.4, 0.5) is 0 Å². The topological polar surface area (TPSA) is 46.3 Å². The fourth-order valence-electron chi connectivity index (χ4n) is 0.482. The lowest BCUT2D eigenvalue weighted by molar-refractivity contribution is -0.114. The van der Waals surface area contributed by atoms with Gasteiger partial charge in [-0.1, -0.05) is 6.58 Å². The zero-order valence-corrected chi connectivity index (χ0v) is 8.69. The SMILES string of the molecule is C=C(CCN(C)C)C(N)=O.CCl. The minimum atomic E-state index is -0.401. The number of hydrogen-bond donors (Lipinski definition) is 1. The van der Waals surface area contributed by atoms with Gasteiger partial charge in [0.25, 0.3) is 0 Å². The van der Waals surface area contributed by atoms with Crippen LogP contribution in [0.3, 0.4) is 0 Å². The lowest BCUT2D eigenvalue weighted by Crippen LogP contribution is -2.19. The van der Waals surface area contributed by atoms with Crippen LogP contribution in [0.1, 0.15) is 6.42 Å². The van der Waals surface area contributed by atoms with Crippen molar-refractivity contribution < 1.29 is 4.79 Å². The fourth-order valence-corrected chi connectivity index (χ4v) is 0.482. The van der Waals surface area contributed by atoms with Gasteiger partial charge in [-0.25, -0.2) is 0 Å². The molecule has 0 aromatic carbocycles. The van der Waals surface area contributed by atoms with E-state index in [1.165, 1.54) is 6.38 Å². The Bertz CT molecular complexity index is 146. The number of carbonyl (C=O) groups excluding carboxylic acids is 1. The van der Waals surface area contributed by atoms with Crippen molar-refractivity contribution in [3.63, 3.8) is 0 Å². The average Bonchev–Trinajstić information content (AvgIpc) is 2.03. The predicted octanol–water partition coefficient (Wildman–Crippen LogP) is 0.835. The standard InChI is InChI=1S/C7H14N2O.CH3Cl/c1-6(7(8)10)4-5-9(2)3;1-2/h1,4-5H2,2-3H3,(H2,8,10);1H3. The highest BCUT2D eigenvalue weighted by molar-refractivity contribution is 6.15. The number of primary amides is 1. The number of halogens is 1. The van der Waals surface area contributed by atoms with Gasteiger partial charge in [0.1, 0.15) is 0 Å². The highest BCUT2D eigenvalue weighted by Gasteiger charge is 2.00. The highest BCUT2D eigenvalue weighted by Crippen LogP contribution is 1.95. The molecule has 72 valence electrons. The van der Waals surface area contributed by atoms with Gasteiger partial charge in [0.2, 0.25) is 5.91 Å². The van der Waals surface area contributed by atoms with E-state index in [9.17, 15) is 4.79 Å². The molecule has 0 atom stereocenters. The number of carbonyl (C=O) groups is 1. The van der Waals surface area contributed by atoms with Crippen LogP contribution in [0.5, 0.6) is 0 Å². The maximum absolute atomic E-state index is 10.4. The number of alkyl halides is 1. The van der Waals surface area contributed by atoms with E-state index in [4.69, 9.17) is 5.73 Å². The number of nitrogens with zero attached hydrogens (tertiary/aromatic N) is 1. The van der Waals surface area contributed by atoms with Crippen molar-refractivity contribution in [3.8, 4) is 0 Å². The van der Waals surface area contributed by atoms with Gasteiger partial charge in [-0.05, 0) is 20.5 Å². The van der Waals surface area contributed by atoms with Crippen LogP contribution in [0, 0.1) is 0 Å². The molecule has 4 heteroatoms. The van der Waals surface area contributed by atoms with E-state index in [1.54, 1.807) is 0 Å². The van der Waals surface area contributed by atoms with Crippen LogP contribution >= 0.6 is 11.6 Å². The zero-order chi connectivity index (χ0) is 10.1. The average molecular weight is 193 g/mol. The molecule has 0 bridgehead atoms. The summed E-state index contributed by atoms with van der Waals surface area (Å²) >= 11 is 4.64. The summed E-state index contributed by atoms with van der Waals surface area (Å²) in [5.41, 5.74) is 5.46. The Morgan fingerprint density at radius 1 is 1.50 bits per heavy atom. The van der Waals surface area contributed by atoms with E-state index in [2.05, 4.69) is 18.2 Å². The molecule has 0 aliphatic rings. The quantitative estimate of drug-likeness (QED) is 0.530. The third kappa shape index (κ3) is 9.46. The van der Waals surface area contributed by atoms with E-state index in [0.717, 1.165) is 6.54 Å². The highest BCUT2D eigenvalue weighted by atomic mass is 35.5. The summed E-state index contributed by atoms with van der Waals surface area (Å²) in [6, 6.07) is 0. The second kappa shape index (κ2) is 8.56. The summed E-state index contributed by atoms with van der Waals surface area (Å²) in [5.74, 6) is -0.401. The largest absolute Gasteiger partial charge is 0.366 e. The van der Waals surface area contributed by atoms with E-state index in [1.807, 2.05) is 19.0 Å². The monoisotopic (exact) mass is 192 g/mol. The van der Waals surface area contributed by atoms with Gasteiger partial charge in [0.15, 0.2) is 0 Å². The molecule has 0 saturated heterocycles. The van der Waals surface area contributed by atoms with E-state index in [-0.39, 0.29) is 0 Å². The van der Waals surface area contributed by atoms with Crippen LogP contribution < -0.4 is 5.73 Å². The molecule has 3 nitrogen and oxygen atoms in total. The first-order valence-corrected chi connectivity index (χ1v) is 4.29. The maximum atomic E-state index is 10.4. The van der Waals surface area contributed by atoms with Crippen molar-refractivity contribution in [1.29, 1.82) is 0 Å². The molecule has 0 aliphatic carbocycles. The molecule has 0 unspecified atom stereocenters. The summed E-state index contributed by atoms with van der Waals surface area (Å²) in [5, 5.41) is 0. The molecule has 0 radical (unpaired) electrons. The molecule has 0 spiro atoms. The van der Waals surface area contributed by atoms with E-state index < -0.39 is 5.91 Å². The Hall–Kier alpha value is -0.540. The third-order valence-corrected chi connectivity index (χ3v) is 1.21. The van der Waals surface area contributed by atoms with Crippen molar-refractivity contribution in [2.45, 2.75) is 6.42 Å².